The highest BCUT2D eigenvalue weighted by Gasteiger charge is 2.37. The van der Waals surface area contributed by atoms with Crippen LogP contribution in [0, 0.1) is 6.92 Å². The quantitative estimate of drug-likeness (QED) is 0.874. The summed E-state index contributed by atoms with van der Waals surface area (Å²) >= 11 is 0. The van der Waals surface area contributed by atoms with Gasteiger partial charge in [0.05, 0.1) is 12.7 Å². The molecule has 2 aromatic rings. The number of hydrogen-bond acceptors (Lipinski definition) is 6. The van der Waals surface area contributed by atoms with Crippen LogP contribution >= 0.6 is 0 Å². The molecular formula is C14H20N6O. The maximum Gasteiger partial charge on any atom is 0.132 e. The summed E-state index contributed by atoms with van der Waals surface area (Å²) in [6, 6.07) is 2.00. The lowest BCUT2D eigenvalue weighted by Crippen LogP contribution is -2.46. The largest absolute Gasteiger partial charge is 0.382 e. The van der Waals surface area contributed by atoms with Gasteiger partial charge in [0.25, 0.3) is 0 Å². The van der Waals surface area contributed by atoms with Crippen molar-refractivity contribution in [1.29, 1.82) is 0 Å². The molecule has 3 heterocycles. The molecule has 1 saturated heterocycles. The molecule has 112 valence electrons. The maximum absolute atomic E-state index is 10.9. The molecule has 0 amide bonds. The van der Waals surface area contributed by atoms with Crippen molar-refractivity contribution in [3.05, 3.63) is 29.5 Å². The summed E-state index contributed by atoms with van der Waals surface area (Å²) in [5.41, 5.74) is 0.637. The highest BCUT2D eigenvalue weighted by atomic mass is 16.3. The van der Waals surface area contributed by atoms with Crippen LogP contribution in [-0.4, -0.2) is 43.6 Å². The third-order valence-corrected chi connectivity index (χ3v) is 3.93. The van der Waals surface area contributed by atoms with Crippen LogP contribution in [0.15, 0.2) is 12.3 Å². The summed E-state index contributed by atoms with van der Waals surface area (Å²) in [6.07, 6.45) is 4.03. The lowest BCUT2D eigenvalue weighted by molar-refractivity contribution is 0.0174. The Hall–Kier alpha value is -2.02. The molecule has 0 bridgehead atoms. The number of β-amino-alcohol motifs (C(OH)–C–C–N with tert-alkyl or cyclic N) is 1. The summed E-state index contributed by atoms with van der Waals surface area (Å²) in [5.74, 6) is 1.64. The van der Waals surface area contributed by atoms with Gasteiger partial charge in [-0.3, -0.25) is 0 Å². The monoisotopic (exact) mass is 288 g/mol. The van der Waals surface area contributed by atoms with Crippen LogP contribution in [0.3, 0.4) is 0 Å². The number of aromatic nitrogens is 5. The maximum atomic E-state index is 10.9. The van der Waals surface area contributed by atoms with Crippen molar-refractivity contribution in [2.75, 3.05) is 18.0 Å². The fourth-order valence-electron chi connectivity index (χ4n) is 2.82. The first-order valence-electron chi connectivity index (χ1n) is 7.29. The number of aryl methyl sites for hydroxylation is 2. The lowest BCUT2D eigenvalue weighted by atomic mass is 9.90. The van der Waals surface area contributed by atoms with Gasteiger partial charge < -0.3 is 10.0 Å². The molecule has 1 atom stereocenters. The standard InChI is InChI=1S/C14H20N6O/c1-3-11-7-13(17-10(2)16-11)20-6-4-5-14(21,9-20)12-8-15-19-18-12/h7-8,21H,3-6,9H2,1-2H3,(H,15,18,19)/t14-/m1/s1. The second-order valence-electron chi connectivity index (χ2n) is 5.53. The number of aromatic amines is 1. The van der Waals surface area contributed by atoms with Crippen molar-refractivity contribution in [2.45, 2.75) is 38.7 Å². The van der Waals surface area contributed by atoms with E-state index in [9.17, 15) is 5.11 Å². The average molecular weight is 288 g/mol. The molecule has 3 rings (SSSR count). The number of piperidine rings is 1. The fraction of sp³-hybridized carbons (Fsp3) is 0.571. The molecule has 21 heavy (non-hydrogen) atoms. The van der Waals surface area contributed by atoms with E-state index in [1.807, 2.05) is 13.0 Å². The lowest BCUT2D eigenvalue weighted by Gasteiger charge is -2.38. The number of rotatable bonds is 3. The minimum absolute atomic E-state index is 0.471. The molecule has 1 aliphatic heterocycles. The summed E-state index contributed by atoms with van der Waals surface area (Å²) in [5, 5.41) is 21.3. The molecule has 0 saturated carbocycles. The molecule has 0 aromatic carbocycles. The van der Waals surface area contributed by atoms with E-state index in [1.165, 1.54) is 0 Å². The van der Waals surface area contributed by atoms with Gasteiger partial charge in [0.1, 0.15) is 22.9 Å². The van der Waals surface area contributed by atoms with Crippen molar-refractivity contribution >= 4 is 5.82 Å². The summed E-state index contributed by atoms with van der Waals surface area (Å²) in [4.78, 5) is 11.0. The number of aliphatic hydroxyl groups is 1. The van der Waals surface area contributed by atoms with Crippen molar-refractivity contribution in [1.82, 2.24) is 25.4 Å². The van der Waals surface area contributed by atoms with Crippen LogP contribution < -0.4 is 4.90 Å². The Balaban J connectivity index is 1.88. The van der Waals surface area contributed by atoms with Gasteiger partial charge in [0.2, 0.25) is 0 Å². The molecule has 7 heteroatoms. The van der Waals surface area contributed by atoms with Crippen molar-refractivity contribution < 1.29 is 5.11 Å². The summed E-state index contributed by atoms with van der Waals surface area (Å²) < 4.78 is 0. The van der Waals surface area contributed by atoms with Gasteiger partial charge >= 0.3 is 0 Å². The number of hydrogen-bond donors (Lipinski definition) is 2. The van der Waals surface area contributed by atoms with E-state index < -0.39 is 5.60 Å². The first-order valence-corrected chi connectivity index (χ1v) is 7.29. The zero-order valence-electron chi connectivity index (χ0n) is 12.4. The van der Waals surface area contributed by atoms with E-state index in [2.05, 4.69) is 37.2 Å². The Morgan fingerprint density at radius 1 is 1.43 bits per heavy atom. The van der Waals surface area contributed by atoms with Crippen LogP contribution in [-0.2, 0) is 12.0 Å². The van der Waals surface area contributed by atoms with Crippen LogP contribution in [0.25, 0.3) is 0 Å². The number of nitrogens with one attached hydrogen (secondary N) is 1. The van der Waals surface area contributed by atoms with E-state index in [4.69, 9.17) is 0 Å². The SMILES string of the molecule is CCc1cc(N2CCC[C@](O)(c3cn[nH]n3)C2)nc(C)n1. The van der Waals surface area contributed by atoms with Crippen LogP contribution in [0.2, 0.25) is 0 Å². The zero-order valence-corrected chi connectivity index (χ0v) is 12.4. The smallest absolute Gasteiger partial charge is 0.132 e. The topological polar surface area (TPSA) is 90.8 Å². The number of anilines is 1. The second kappa shape index (κ2) is 5.40. The molecule has 1 fully saturated rings. The molecule has 7 nitrogen and oxygen atoms in total. The van der Waals surface area contributed by atoms with E-state index in [-0.39, 0.29) is 0 Å². The van der Waals surface area contributed by atoms with Crippen molar-refractivity contribution in [3.8, 4) is 0 Å². The van der Waals surface area contributed by atoms with Gasteiger partial charge in [-0.15, -0.1) is 0 Å². The third kappa shape index (κ3) is 2.73. The highest BCUT2D eigenvalue weighted by Crippen LogP contribution is 2.31. The predicted molar refractivity (Wildman–Crippen MR) is 77.9 cm³/mol. The molecule has 0 spiro atoms. The Labute approximate surface area is 123 Å². The highest BCUT2D eigenvalue weighted by molar-refractivity contribution is 5.41. The minimum atomic E-state index is -0.976. The molecule has 1 aliphatic rings. The Bertz CT molecular complexity index is 614. The Morgan fingerprint density at radius 3 is 3.00 bits per heavy atom. The van der Waals surface area contributed by atoms with E-state index in [0.29, 0.717) is 18.7 Å². The van der Waals surface area contributed by atoms with Crippen molar-refractivity contribution in [3.63, 3.8) is 0 Å². The van der Waals surface area contributed by atoms with Crippen LogP contribution in [0.1, 0.15) is 37.0 Å². The predicted octanol–water partition coefficient (Wildman–Crippen LogP) is 0.954. The zero-order chi connectivity index (χ0) is 14.9. The second-order valence-corrected chi connectivity index (χ2v) is 5.53. The van der Waals surface area contributed by atoms with Crippen LogP contribution in [0.4, 0.5) is 5.82 Å². The van der Waals surface area contributed by atoms with Gasteiger partial charge in [0, 0.05) is 18.3 Å². The van der Waals surface area contributed by atoms with E-state index in [1.54, 1.807) is 6.20 Å². The van der Waals surface area contributed by atoms with E-state index >= 15 is 0 Å². The first-order chi connectivity index (χ1) is 10.1. The van der Waals surface area contributed by atoms with Crippen molar-refractivity contribution in [2.24, 2.45) is 0 Å². The summed E-state index contributed by atoms with van der Waals surface area (Å²) in [7, 11) is 0. The number of H-pyrrole nitrogens is 1. The molecule has 0 radical (unpaired) electrons. The molecule has 0 unspecified atom stereocenters. The van der Waals surface area contributed by atoms with Gasteiger partial charge in [0.15, 0.2) is 0 Å². The Morgan fingerprint density at radius 2 is 2.29 bits per heavy atom. The molecule has 0 aliphatic carbocycles. The van der Waals surface area contributed by atoms with Gasteiger partial charge in [-0.1, -0.05) is 6.92 Å². The molecule has 2 aromatic heterocycles. The average Bonchev–Trinajstić information content (AvgIpc) is 3.01. The molecule has 2 N–H and O–H groups in total. The summed E-state index contributed by atoms with van der Waals surface area (Å²) in [6.45, 7) is 5.32. The fourth-order valence-corrected chi connectivity index (χ4v) is 2.82. The Kier molecular flexibility index (Phi) is 3.59. The van der Waals surface area contributed by atoms with Gasteiger partial charge in [-0.2, -0.15) is 15.4 Å². The number of nitrogens with zero attached hydrogens (tertiary/aromatic N) is 5. The third-order valence-electron chi connectivity index (χ3n) is 3.93. The normalized spacial score (nSPS) is 22.5. The first kappa shape index (κ1) is 13.9. The van der Waals surface area contributed by atoms with E-state index in [0.717, 1.165) is 36.7 Å². The van der Waals surface area contributed by atoms with Gasteiger partial charge in [-0.05, 0) is 26.2 Å². The van der Waals surface area contributed by atoms with Crippen LogP contribution in [0.5, 0.6) is 0 Å². The van der Waals surface area contributed by atoms with Gasteiger partial charge in [-0.25, -0.2) is 9.97 Å². The minimum Gasteiger partial charge on any atom is -0.382 e. The molecular weight excluding hydrogens is 268 g/mol.